The molecule has 28 heavy (non-hydrogen) atoms. The SMILES string of the molecule is COc1ccc(C2c3cccn3CCN2C(=S)Nc2ccccc2OC)cc1. The molecule has 0 saturated carbocycles. The minimum absolute atomic E-state index is 0.0318. The number of nitrogens with zero attached hydrogens (tertiary/aromatic N) is 2. The Morgan fingerprint density at radius 2 is 1.75 bits per heavy atom. The van der Waals surface area contributed by atoms with E-state index >= 15 is 0 Å². The van der Waals surface area contributed by atoms with Gasteiger partial charge in [0, 0.05) is 25.0 Å². The fourth-order valence-corrected chi connectivity index (χ4v) is 3.98. The van der Waals surface area contributed by atoms with E-state index in [-0.39, 0.29) is 6.04 Å². The number of hydrogen-bond donors (Lipinski definition) is 1. The summed E-state index contributed by atoms with van der Waals surface area (Å²) in [5.41, 5.74) is 3.26. The third-order valence-electron chi connectivity index (χ3n) is 5.08. The molecule has 5 nitrogen and oxygen atoms in total. The number of para-hydroxylation sites is 2. The van der Waals surface area contributed by atoms with E-state index in [4.69, 9.17) is 21.7 Å². The molecule has 1 N–H and O–H groups in total. The summed E-state index contributed by atoms with van der Waals surface area (Å²) in [5.74, 6) is 1.61. The van der Waals surface area contributed by atoms with Gasteiger partial charge in [0.2, 0.25) is 0 Å². The van der Waals surface area contributed by atoms with Crippen LogP contribution >= 0.6 is 12.2 Å². The largest absolute Gasteiger partial charge is 0.497 e. The topological polar surface area (TPSA) is 38.7 Å². The van der Waals surface area contributed by atoms with Crippen LogP contribution in [0.25, 0.3) is 0 Å². The van der Waals surface area contributed by atoms with Crippen molar-refractivity contribution in [1.82, 2.24) is 9.47 Å². The number of ether oxygens (including phenoxy) is 2. The fourth-order valence-electron chi connectivity index (χ4n) is 3.67. The van der Waals surface area contributed by atoms with Gasteiger partial charge in [-0.25, -0.2) is 0 Å². The van der Waals surface area contributed by atoms with Crippen molar-refractivity contribution in [1.29, 1.82) is 0 Å². The second kappa shape index (κ2) is 7.94. The molecule has 0 bridgehead atoms. The third-order valence-corrected chi connectivity index (χ3v) is 5.42. The van der Waals surface area contributed by atoms with E-state index < -0.39 is 0 Å². The lowest BCUT2D eigenvalue weighted by Gasteiger charge is -2.39. The molecular weight excluding hydrogens is 370 g/mol. The third kappa shape index (κ3) is 3.43. The van der Waals surface area contributed by atoms with Gasteiger partial charge in [-0.05, 0) is 54.2 Å². The number of nitrogens with one attached hydrogen (secondary N) is 1. The number of methoxy groups -OCH3 is 2. The normalized spacial score (nSPS) is 15.6. The minimum Gasteiger partial charge on any atom is -0.497 e. The van der Waals surface area contributed by atoms with E-state index in [9.17, 15) is 0 Å². The summed E-state index contributed by atoms with van der Waals surface area (Å²) in [7, 11) is 3.34. The van der Waals surface area contributed by atoms with Crippen molar-refractivity contribution in [3.8, 4) is 11.5 Å². The summed E-state index contributed by atoms with van der Waals surface area (Å²) in [4.78, 5) is 2.24. The first-order valence-corrected chi connectivity index (χ1v) is 9.61. The van der Waals surface area contributed by atoms with Gasteiger partial charge >= 0.3 is 0 Å². The molecule has 0 fully saturated rings. The molecule has 0 radical (unpaired) electrons. The molecule has 0 aliphatic carbocycles. The summed E-state index contributed by atoms with van der Waals surface area (Å²) in [6, 6.07) is 20.3. The van der Waals surface area contributed by atoms with Crippen LogP contribution < -0.4 is 14.8 Å². The van der Waals surface area contributed by atoms with Crippen LogP contribution in [0.4, 0.5) is 5.69 Å². The van der Waals surface area contributed by atoms with Crippen LogP contribution in [0.5, 0.6) is 11.5 Å². The Hall–Kier alpha value is -2.99. The number of benzene rings is 2. The van der Waals surface area contributed by atoms with E-state index in [0.29, 0.717) is 5.11 Å². The average molecular weight is 394 g/mol. The molecule has 1 aromatic heterocycles. The molecule has 1 atom stereocenters. The van der Waals surface area contributed by atoms with Crippen LogP contribution in [0.15, 0.2) is 66.9 Å². The highest BCUT2D eigenvalue weighted by molar-refractivity contribution is 7.80. The van der Waals surface area contributed by atoms with E-state index in [0.717, 1.165) is 30.3 Å². The molecule has 4 rings (SSSR count). The summed E-state index contributed by atoms with van der Waals surface area (Å²) >= 11 is 5.82. The Morgan fingerprint density at radius 1 is 0.964 bits per heavy atom. The second-order valence-electron chi connectivity index (χ2n) is 6.63. The standard InChI is InChI=1S/C22H23N3O2S/c1-26-17-11-9-16(10-12-17)21-19-7-5-13-24(19)14-15-25(21)22(28)23-18-6-3-4-8-20(18)27-2/h3-13,21H,14-15H2,1-2H3,(H,23,28). The van der Waals surface area contributed by atoms with Gasteiger partial charge in [-0.2, -0.15) is 0 Å². The molecule has 0 saturated heterocycles. The number of fused-ring (bicyclic) bond motifs is 1. The molecule has 1 aliphatic heterocycles. The number of anilines is 1. The monoisotopic (exact) mass is 393 g/mol. The highest BCUT2D eigenvalue weighted by Gasteiger charge is 2.30. The van der Waals surface area contributed by atoms with Crippen molar-refractivity contribution in [3.05, 3.63) is 78.1 Å². The van der Waals surface area contributed by atoms with Crippen molar-refractivity contribution < 1.29 is 9.47 Å². The van der Waals surface area contributed by atoms with E-state index in [1.54, 1.807) is 14.2 Å². The molecule has 0 spiro atoms. The van der Waals surface area contributed by atoms with Gasteiger partial charge in [-0.1, -0.05) is 24.3 Å². The predicted molar refractivity (Wildman–Crippen MR) is 115 cm³/mol. The highest BCUT2D eigenvalue weighted by atomic mass is 32.1. The average Bonchev–Trinajstić information content (AvgIpc) is 3.22. The summed E-state index contributed by atoms with van der Waals surface area (Å²) in [5, 5.41) is 4.05. The fraction of sp³-hybridized carbons (Fsp3) is 0.227. The first-order valence-electron chi connectivity index (χ1n) is 9.21. The van der Waals surface area contributed by atoms with Crippen LogP contribution in [-0.4, -0.2) is 35.3 Å². The van der Waals surface area contributed by atoms with Gasteiger partial charge in [-0.15, -0.1) is 0 Å². The summed E-state index contributed by atoms with van der Waals surface area (Å²) in [6.45, 7) is 1.71. The van der Waals surface area contributed by atoms with Crippen LogP contribution in [0.3, 0.4) is 0 Å². The number of thiocarbonyl (C=S) groups is 1. The lowest BCUT2D eigenvalue weighted by molar-refractivity contribution is 0.293. The Balaban J connectivity index is 1.67. The van der Waals surface area contributed by atoms with Gasteiger partial charge in [0.05, 0.1) is 25.9 Å². The number of rotatable bonds is 4. The van der Waals surface area contributed by atoms with E-state index in [1.807, 2.05) is 36.4 Å². The maximum absolute atomic E-state index is 5.82. The Morgan fingerprint density at radius 3 is 2.50 bits per heavy atom. The van der Waals surface area contributed by atoms with Gasteiger partial charge < -0.3 is 24.3 Å². The zero-order chi connectivity index (χ0) is 19.5. The molecule has 0 amide bonds. The molecule has 3 aromatic rings. The maximum Gasteiger partial charge on any atom is 0.174 e. The van der Waals surface area contributed by atoms with Crippen LogP contribution in [-0.2, 0) is 6.54 Å². The van der Waals surface area contributed by atoms with E-state index in [2.05, 4.69) is 45.2 Å². The first kappa shape index (κ1) is 18.4. The molecule has 2 aromatic carbocycles. The maximum atomic E-state index is 5.82. The molecule has 144 valence electrons. The lowest BCUT2D eigenvalue weighted by Crippen LogP contribution is -2.44. The van der Waals surface area contributed by atoms with Crippen molar-refractivity contribution >= 4 is 23.0 Å². The Labute approximate surface area is 170 Å². The van der Waals surface area contributed by atoms with Crippen molar-refractivity contribution in [2.45, 2.75) is 12.6 Å². The first-order chi connectivity index (χ1) is 13.7. The quantitative estimate of drug-likeness (QED) is 0.669. The van der Waals surface area contributed by atoms with Crippen LogP contribution in [0.2, 0.25) is 0 Å². The van der Waals surface area contributed by atoms with Crippen LogP contribution in [0, 0.1) is 0 Å². The molecular formula is C22H23N3O2S. The van der Waals surface area contributed by atoms with Gasteiger partial charge in [0.25, 0.3) is 0 Å². The Kier molecular flexibility index (Phi) is 5.21. The van der Waals surface area contributed by atoms with Gasteiger partial charge in [-0.3, -0.25) is 0 Å². The minimum atomic E-state index is 0.0318. The zero-order valence-corrected chi connectivity index (χ0v) is 16.8. The molecule has 2 heterocycles. The smallest absolute Gasteiger partial charge is 0.174 e. The number of hydrogen-bond acceptors (Lipinski definition) is 3. The Bertz CT molecular complexity index is 968. The van der Waals surface area contributed by atoms with Crippen LogP contribution in [0.1, 0.15) is 17.3 Å². The van der Waals surface area contributed by atoms with Crippen molar-refractivity contribution in [3.63, 3.8) is 0 Å². The molecule has 6 heteroatoms. The zero-order valence-electron chi connectivity index (χ0n) is 16.0. The highest BCUT2D eigenvalue weighted by Crippen LogP contribution is 2.34. The molecule has 1 unspecified atom stereocenters. The number of aromatic nitrogens is 1. The lowest BCUT2D eigenvalue weighted by atomic mass is 10.00. The van der Waals surface area contributed by atoms with Gasteiger partial charge in [0.1, 0.15) is 11.5 Å². The van der Waals surface area contributed by atoms with E-state index in [1.165, 1.54) is 11.3 Å². The predicted octanol–water partition coefficient (Wildman–Crippen LogP) is 4.31. The second-order valence-corrected chi connectivity index (χ2v) is 7.01. The van der Waals surface area contributed by atoms with Gasteiger partial charge in [0.15, 0.2) is 5.11 Å². The molecule has 1 aliphatic rings. The van der Waals surface area contributed by atoms with Crippen molar-refractivity contribution in [2.75, 3.05) is 26.1 Å². The summed E-state index contributed by atoms with van der Waals surface area (Å²) in [6.07, 6.45) is 2.12. The summed E-state index contributed by atoms with van der Waals surface area (Å²) < 4.78 is 13.1. The van der Waals surface area contributed by atoms with Crippen molar-refractivity contribution in [2.24, 2.45) is 0 Å².